The zero-order valence-electron chi connectivity index (χ0n) is 24.2. The Kier molecular flexibility index (Phi) is 14.7. The normalized spacial score (nSPS) is 12.2. The first-order valence-corrected chi connectivity index (χ1v) is 14.5. The van der Waals surface area contributed by atoms with E-state index in [-0.39, 0.29) is 16.8 Å². The first kappa shape index (κ1) is 31.5. The van der Waals surface area contributed by atoms with Gasteiger partial charge in [-0.25, -0.2) is 4.79 Å². The van der Waals surface area contributed by atoms with Crippen LogP contribution in [0.4, 0.5) is 0 Å². The van der Waals surface area contributed by atoms with Gasteiger partial charge in [-0.1, -0.05) is 138 Å². The molecule has 0 spiro atoms. The lowest BCUT2D eigenvalue weighted by Gasteiger charge is -2.28. The summed E-state index contributed by atoms with van der Waals surface area (Å²) in [5.74, 6) is 0.00956. The van der Waals surface area contributed by atoms with E-state index in [9.17, 15) is 9.90 Å². The molecule has 35 heavy (non-hydrogen) atoms. The summed E-state index contributed by atoms with van der Waals surface area (Å²) in [6.07, 6.45) is 19.8. The number of unbranched alkanes of at least 4 members (excludes halogenated alkanes) is 14. The molecule has 3 heteroatoms. The van der Waals surface area contributed by atoms with Gasteiger partial charge < -0.3 is 9.84 Å². The molecule has 0 aliphatic rings. The van der Waals surface area contributed by atoms with Crippen molar-refractivity contribution >= 4 is 5.97 Å². The zero-order valence-corrected chi connectivity index (χ0v) is 24.2. The van der Waals surface area contributed by atoms with Crippen molar-refractivity contribution in [1.29, 1.82) is 0 Å². The lowest BCUT2D eigenvalue weighted by molar-refractivity contribution is 0.0497. The van der Waals surface area contributed by atoms with Gasteiger partial charge in [0.1, 0.15) is 5.75 Å². The van der Waals surface area contributed by atoms with Crippen LogP contribution < -0.4 is 0 Å². The Balaban J connectivity index is 2.24. The Morgan fingerprint density at radius 3 is 1.34 bits per heavy atom. The third-order valence-corrected chi connectivity index (χ3v) is 6.94. The maximum absolute atomic E-state index is 12.8. The van der Waals surface area contributed by atoms with Crippen LogP contribution in [0.25, 0.3) is 0 Å². The van der Waals surface area contributed by atoms with E-state index in [4.69, 9.17) is 4.74 Å². The molecule has 0 saturated heterocycles. The highest BCUT2D eigenvalue weighted by atomic mass is 16.5. The number of rotatable bonds is 17. The van der Waals surface area contributed by atoms with Crippen LogP contribution in [0.1, 0.15) is 166 Å². The largest absolute Gasteiger partial charge is 0.507 e. The minimum Gasteiger partial charge on any atom is -0.507 e. The summed E-state index contributed by atoms with van der Waals surface area (Å²) in [7, 11) is 0. The van der Waals surface area contributed by atoms with Crippen LogP contribution in [-0.4, -0.2) is 17.7 Å². The number of ether oxygens (including phenoxy) is 1. The van der Waals surface area contributed by atoms with Crippen LogP contribution in [0.15, 0.2) is 12.1 Å². The number of carbonyl (C=O) groups excluding carboxylic acids is 1. The van der Waals surface area contributed by atoms with Gasteiger partial charge in [0, 0.05) is 11.1 Å². The number of hydrogen-bond donors (Lipinski definition) is 1. The summed E-state index contributed by atoms with van der Waals surface area (Å²) in [6, 6.07) is 3.61. The van der Waals surface area contributed by atoms with Crippen molar-refractivity contribution in [3.8, 4) is 5.75 Å². The smallest absolute Gasteiger partial charge is 0.338 e. The Hall–Kier alpha value is -1.51. The third kappa shape index (κ3) is 12.8. The van der Waals surface area contributed by atoms with E-state index in [1.54, 1.807) is 12.1 Å². The van der Waals surface area contributed by atoms with Gasteiger partial charge in [-0.3, -0.25) is 0 Å². The van der Waals surface area contributed by atoms with Crippen LogP contribution in [0, 0.1) is 0 Å². The molecule has 0 atom stereocenters. The summed E-state index contributed by atoms with van der Waals surface area (Å²) in [6.45, 7) is 15.1. The average molecular weight is 489 g/mol. The maximum Gasteiger partial charge on any atom is 0.338 e. The number of carbonyl (C=O) groups is 1. The first-order valence-electron chi connectivity index (χ1n) is 14.5. The van der Waals surface area contributed by atoms with Gasteiger partial charge in [-0.15, -0.1) is 0 Å². The third-order valence-electron chi connectivity index (χ3n) is 6.94. The summed E-state index contributed by atoms with van der Waals surface area (Å²) >= 11 is 0. The van der Waals surface area contributed by atoms with Gasteiger partial charge in [-0.05, 0) is 29.4 Å². The lowest BCUT2D eigenvalue weighted by Crippen LogP contribution is -2.19. The molecule has 1 rings (SSSR count). The van der Waals surface area contributed by atoms with Gasteiger partial charge >= 0.3 is 5.97 Å². The second-order valence-corrected chi connectivity index (χ2v) is 12.5. The molecule has 0 heterocycles. The summed E-state index contributed by atoms with van der Waals surface area (Å²) in [5.41, 5.74) is 1.62. The topological polar surface area (TPSA) is 46.5 Å². The van der Waals surface area contributed by atoms with Gasteiger partial charge in [-0.2, -0.15) is 0 Å². The maximum atomic E-state index is 12.8. The summed E-state index contributed by atoms with van der Waals surface area (Å²) in [4.78, 5) is 12.8. The van der Waals surface area contributed by atoms with Gasteiger partial charge in [0.05, 0.1) is 12.2 Å². The molecule has 1 aromatic carbocycles. The first-order chi connectivity index (χ1) is 16.5. The predicted octanol–water partition coefficient (Wildman–Crippen LogP) is 10.0. The van der Waals surface area contributed by atoms with E-state index in [0.29, 0.717) is 17.9 Å². The van der Waals surface area contributed by atoms with E-state index in [2.05, 4.69) is 48.5 Å². The number of hydrogen-bond acceptors (Lipinski definition) is 3. The molecule has 0 aromatic heterocycles. The number of phenols is 1. The molecule has 0 fully saturated rings. The molecule has 0 bridgehead atoms. The monoisotopic (exact) mass is 488 g/mol. The number of phenolic OH excluding ortho intramolecular Hbond substituents is 1. The van der Waals surface area contributed by atoms with Crippen molar-refractivity contribution in [2.24, 2.45) is 0 Å². The van der Waals surface area contributed by atoms with Gasteiger partial charge in [0.2, 0.25) is 0 Å². The molecule has 0 saturated carbocycles. The summed E-state index contributed by atoms with van der Waals surface area (Å²) in [5, 5.41) is 10.8. The number of benzene rings is 1. The van der Waals surface area contributed by atoms with E-state index >= 15 is 0 Å². The van der Waals surface area contributed by atoms with Crippen molar-refractivity contribution in [2.75, 3.05) is 6.61 Å². The minimum atomic E-state index is -0.286. The number of esters is 1. The van der Waals surface area contributed by atoms with Crippen LogP contribution in [0.5, 0.6) is 5.75 Å². The Morgan fingerprint density at radius 2 is 1.00 bits per heavy atom. The molecule has 0 aliphatic heterocycles. The fourth-order valence-corrected chi connectivity index (χ4v) is 4.62. The SMILES string of the molecule is CCCCCCCCCCCCCCCCCOC(=O)c1cc(C(C)(C)C)c(O)c(C(C)(C)C)c1. The van der Waals surface area contributed by atoms with Crippen LogP contribution >= 0.6 is 0 Å². The lowest BCUT2D eigenvalue weighted by atomic mass is 9.78. The van der Waals surface area contributed by atoms with Crippen LogP contribution in [-0.2, 0) is 15.6 Å². The fraction of sp³-hybridized carbons (Fsp3) is 0.781. The molecule has 1 aromatic rings. The minimum absolute atomic E-state index is 0.255. The highest BCUT2D eigenvalue weighted by Crippen LogP contribution is 2.39. The highest BCUT2D eigenvalue weighted by Gasteiger charge is 2.28. The Morgan fingerprint density at radius 1 is 0.657 bits per heavy atom. The molecule has 3 nitrogen and oxygen atoms in total. The quantitative estimate of drug-likeness (QED) is 0.175. The Bertz CT molecular complexity index is 686. The van der Waals surface area contributed by atoms with E-state index in [0.717, 1.165) is 24.0 Å². The van der Waals surface area contributed by atoms with E-state index < -0.39 is 0 Å². The summed E-state index contributed by atoms with van der Waals surface area (Å²) < 4.78 is 5.60. The van der Waals surface area contributed by atoms with E-state index in [1.807, 2.05) is 0 Å². The molecular weight excluding hydrogens is 432 g/mol. The van der Waals surface area contributed by atoms with Crippen LogP contribution in [0.3, 0.4) is 0 Å². The molecule has 0 amide bonds. The molecular formula is C32H56O3. The molecule has 0 radical (unpaired) electrons. The van der Waals surface area contributed by atoms with Gasteiger partial charge in [0.15, 0.2) is 0 Å². The zero-order chi connectivity index (χ0) is 26.3. The second-order valence-electron chi connectivity index (χ2n) is 12.5. The van der Waals surface area contributed by atoms with E-state index in [1.165, 1.54) is 83.5 Å². The second kappa shape index (κ2) is 16.3. The molecule has 0 unspecified atom stereocenters. The average Bonchev–Trinajstić information content (AvgIpc) is 2.77. The Labute approximate surface area is 217 Å². The molecule has 202 valence electrons. The van der Waals surface area contributed by atoms with Crippen molar-refractivity contribution in [2.45, 2.75) is 156 Å². The van der Waals surface area contributed by atoms with Crippen LogP contribution in [0.2, 0.25) is 0 Å². The van der Waals surface area contributed by atoms with Crippen molar-refractivity contribution in [3.05, 3.63) is 28.8 Å². The van der Waals surface area contributed by atoms with Crippen molar-refractivity contribution in [1.82, 2.24) is 0 Å². The molecule has 0 aliphatic carbocycles. The van der Waals surface area contributed by atoms with Crippen molar-refractivity contribution < 1.29 is 14.6 Å². The predicted molar refractivity (Wildman–Crippen MR) is 151 cm³/mol. The van der Waals surface area contributed by atoms with Crippen molar-refractivity contribution in [3.63, 3.8) is 0 Å². The number of aromatic hydroxyl groups is 1. The standard InChI is InChI=1S/C32H56O3/c1-8-9-10-11-12-13-14-15-16-17-18-19-20-21-22-23-35-30(34)26-24-27(31(2,3)4)29(33)28(25-26)32(5,6)7/h24-25,33H,8-23H2,1-7H3. The fourth-order valence-electron chi connectivity index (χ4n) is 4.62. The molecule has 1 N–H and O–H groups in total. The van der Waals surface area contributed by atoms with Gasteiger partial charge in [0.25, 0.3) is 0 Å². The highest BCUT2D eigenvalue weighted by molar-refractivity contribution is 5.90.